The summed E-state index contributed by atoms with van der Waals surface area (Å²) in [7, 11) is -60.9. The fourth-order valence-electron chi connectivity index (χ4n) is 16.7. The van der Waals surface area contributed by atoms with Crippen LogP contribution >= 0.6 is 0 Å². The van der Waals surface area contributed by atoms with E-state index in [-0.39, 0.29) is 0 Å². The molecule has 0 aliphatic carbocycles. The van der Waals surface area contributed by atoms with E-state index in [9.17, 15) is 0 Å². The largest absolute Gasteiger partial charge is 0.416 e. The van der Waals surface area contributed by atoms with Crippen molar-refractivity contribution >= 4 is 212 Å². The molecule has 0 spiro atoms. The van der Waals surface area contributed by atoms with E-state index in [4.69, 9.17) is 106 Å². The first-order valence-corrected chi connectivity index (χ1v) is 119. The van der Waals surface area contributed by atoms with Crippen LogP contribution in [0.25, 0.3) is 0 Å². The lowest BCUT2D eigenvalue weighted by molar-refractivity contribution is 0.222. The third kappa shape index (κ3) is 55.2. The SMILES string of the molecule is C=CCO[Si](C)(C)CC[Si]1(C)O[Si](C)(C=C)O[Si](C)(CC[Si](C)(C)OCC=C)O[Si](C)(C=C)O1.C=CCO[Si](C)(C)CC[Si]1(C)O[Si](C)(C=C)O[Si](C)(CC[Si](C)(C)OCC=C)O[Si](C)(CC[Si](C)(C)OCC=C)O1.C=CCO[Si](C)(C)CC[Si]1(C)O[Si](C)(CC[Si](C)(C)OCC=C)O[Si](C)(CC[Si](C)(C)OCC=C)O[Si](C)(CC[Si](C)(C)OCC=C)O1.C=C[Si]1(C)O[Si](C)(C=C)O[Si](C)(C=C)O[Si](C)(C=C)O1. The van der Waals surface area contributed by atoms with Gasteiger partial charge in [-0.05, 0) is 331 Å². The van der Waals surface area contributed by atoms with Gasteiger partial charge in [0.25, 0.3) is 0 Å². The van der Waals surface area contributed by atoms with Crippen LogP contribution < -0.4 is 0 Å². The van der Waals surface area contributed by atoms with E-state index < -0.39 is 212 Å². The van der Waals surface area contributed by atoms with Crippen LogP contribution in [0, 0.1) is 0 Å². The predicted molar refractivity (Wildman–Crippen MR) is 664 cm³/mol. The molecule has 0 saturated carbocycles. The molecule has 0 N–H and O–H groups in total. The number of rotatable bonds is 61. The summed E-state index contributed by atoms with van der Waals surface area (Å²) in [6.45, 7) is 142. The molecule has 0 radical (unpaired) electrons. The van der Waals surface area contributed by atoms with Crippen molar-refractivity contribution in [1.29, 1.82) is 0 Å². The Balaban J connectivity index is 0.000000988. The van der Waals surface area contributed by atoms with Gasteiger partial charge in [0.15, 0.2) is 74.9 Å². The van der Waals surface area contributed by atoms with Gasteiger partial charge in [0, 0.05) is 0 Å². The van der Waals surface area contributed by atoms with Crippen molar-refractivity contribution < 1.29 is 106 Å². The van der Waals surface area contributed by atoms with Gasteiger partial charge in [0.2, 0.25) is 0 Å². The predicted octanol–water partition coefficient (Wildman–Crippen LogP) is 28.2. The lowest BCUT2D eigenvalue weighted by atomic mass is 10.7. The molecule has 2 atom stereocenters. The van der Waals surface area contributed by atoms with Crippen LogP contribution in [0.4, 0.5) is 0 Å². The summed E-state index contributed by atoms with van der Waals surface area (Å²) in [6.07, 6.45) is 16.4. The molecule has 4 fully saturated rings. The van der Waals surface area contributed by atoms with Crippen LogP contribution in [0.15, 0.2) is 200 Å². The monoisotopic (exact) mass is 2420 g/mol. The molecule has 0 aromatic heterocycles. The van der Waals surface area contributed by atoms with Gasteiger partial charge in [0.1, 0.15) is 0 Å². The molecule has 4 aliphatic rings. The molecule has 0 aromatic rings. The molecule has 25 nitrogen and oxygen atoms in total. The Hall–Kier alpha value is 0.262. The van der Waals surface area contributed by atoms with Gasteiger partial charge in [-0.15, -0.1) is 105 Å². The second kappa shape index (κ2) is 59.6. The third-order valence-electron chi connectivity index (χ3n) is 25.3. The molecular weight excluding hydrogens is 2220 g/mol. The van der Waals surface area contributed by atoms with E-state index in [1.54, 1.807) is 34.9 Å². The summed E-state index contributed by atoms with van der Waals surface area (Å²) in [5.41, 5.74) is 12.7. The molecule has 4 heterocycles. The molecule has 826 valence electrons. The average molecular weight is 2420 g/mol. The molecule has 50 heteroatoms. The Labute approximate surface area is 900 Å². The van der Waals surface area contributed by atoms with Crippen molar-refractivity contribution in [3.8, 4) is 0 Å². The van der Waals surface area contributed by atoms with Gasteiger partial charge < -0.3 is 106 Å². The molecule has 4 rings (SSSR count). The van der Waals surface area contributed by atoms with E-state index in [1.807, 2.05) is 85.8 Å². The van der Waals surface area contributed by atoms with Gasteiger partial charge in [-0.1, -0.05) is 94.6 Å². The van der Waals surface area contributed by atoms with Gasteiger partial charge in [-0.3, -0.25) is 0 Å². The first kappa shape index (κ1) is 141. The van der Waals surface area contributed by atoms with E-state index in [0.717, 1.165) is 109 Å². The normalized spacial score (nSPS) is 32.0. The standard InChI is InChI=1S/C32H72O8Si8.C27H60O7Si7.C22H48O6Si6.C12H24O4Si4/c1-17-21-33-41(5,6)25-29-45(13)37-46(14,30-26-42(7,8)34-22-18-2)39-48(16,32-28-44(11,12)36-24-20-4)40-47(15,38-45)31-27-43(9,10)35-23-19-3;1-15-19-28-35(5,6)22-25-39(12)31-38(11,18-4)32-40(13,26-23-36(7,8)29-20-16-2)34-41(14,33-39)27-24-37(9,10)30-21-17-3;1-13-17-23-29(5,6)19-21-33(11)25-31(9,15-3)27-34(12,28-32(10,16-4)26-33)22-20-30(7,8)24-18-14-2;1-9-17(5)13-18(6,10-2)15-20(8,12-4)16-19(7,11-3)14-17/h17-20H,1-4,21-32H2,5-16H3;15-18H,1-4,19-27H2,5-14H3;13-16H,1-4,17-22H2,5-12H3;9-12H,1-4H2,5-8H3. The van der Waals surface area contributed by atoms with Crippen molar-refractivity contribution in [2.75, 3.05) is 59.5 Å². The number of hydrogen-bond acceptors (Lipinski definition) is 25. The fourth-order valence-corrected chi connectivity index (χ4v) is 137. The van der Waals surface area contributed by atoms with Crippen molar-refractivity contribution in [1.82, 2.24) is 0 Å². The third-order valence-corrected chi connectivity index (χ3v) is 121. The summed E-state index contributed by atoms with van der Waals surface area (Å²) >= 11 is 0. The Morgan fingerprint density at radius 2 is 0.231 bits per heavy atom. The maximum Gasteiger partial charge on any atom is 0.344 e. The van der Waals surface area contributed by atoms with Crippen LogP contribution in [0.2, 0.25) is 331 Å². The maximum absolute atomic E-state index is 7.50. The van der Waals surface area contributed by atoms with Crippen LogP contribution in [-0.2, 0) is 106 Å². The van der Waals surface area contributed by atoms with Crippen molar-refractivity contribution in [3.63, 3.8) is 0 Å². The molecular formula is C93H204O25Si25. The van der Waals surface area contributed by atoms with Crippen molar-refractivity contribution in [2.45, 2.75) is 331 Å². The minimum Gasteiger partial charge on any atom is -0.416 e. The Morgan fingerprint density at radius 3 is 0.322 bits per heavy atom. The lowest BCUT2D eigenvalue weighted by Gasteiger charge is -2.51. The molecule has 0 bridgehead atoms. The quantitative estimate of drug-likeness (QED) is 0.0407. The van der Waals surface area contributed by atoms with Gasteiger partial charge in [0.05, 0.1) is 59.5 Å². The molecule has 0 amide bonds. The highest BCUT2D eigenvalue weighted by Gasteiger charge is 2.63. The zero-order valence-electron chi connectivity index (χ0n) is 96.3. The first-order valence-electron chi connectivity index (χ1n) is 51.1. The molecule has 2 unspecified atom stereocenters. The highest BCUT2D eigenvalue weighted by Crippen LogP contribution is 2.46. The molecule has 4 saturated heterocycles. The minimum absolute atomic E-state index is 0.569. The maximum atomic E-state index is 7.50. The van der Waals surface area contributed by atoms with E-state index in [2.05, 4.69) is 302 Å². The minimum atomic E-state index is -2.81. The highest BCUT2D eigenvalue weighted by molar-refractivity contribution is 7.01. The molecule has 143 heavy (non-hydrogen) atoms. The second-order valence-corrected chi connectivity index (χ2v) is 140. The van der Waals surface area contributed by atoms with Gasteiger partial charge in [-0.25, -0.2) is 0 Å². The summed E-state index contributed by atoms with van der Waals surface area (Å²) in [6, 6.07) is 16.0. The number of hydrogen-bond donors (Lipinski definition) is 0. The molecule has 4 aliphatic heterocycles. The van der Waals surface area contributed by atoms with Gasteiger partial charge in [-0.2, -0.15) is 0 Å². The summed E-state index contributed by atoms with van der Waals surface area (Å²) in [5.74, 6) is 0. The van der Waals surface area contributed by atoms with E-state index in [0.29, 0.717) is 59.5 Å². The summed E-state index contributed by atoms with van der Waals surface area (Å²) in [4.78, 5) is 0. The highest BCUT2D eigenvalue weighted by atomic mass is 28.6. The zero-order valence-corrected chi connectivity index (χ0v) is 121. The van der Waals surface area contributed by atoms with Crippen LogP contribution in [0.1, 0.15) is 0 Å². The van der Waals surface area contributed by atoms with E-state index in [1.165, 1.54) is 0 Å². The summed E-state index contributed by atoms with van der Waals surface area (Å²) in [5, 5.41) is 0. The Morgan fingerprint density at radius 1 is 0.147 bits per heavy atom. The van der Waals surface area contributed by atoms with Crippen LogP contribution in [0.3, 0.4) is 0 Å². The fraction of sp³-hybridized carbons (Fsp3) is 0.656. The Kier molecular flexibility index (Phi) is 58.9. The topological polar surface area (TPSA) is 231 Å². The Bertz CT molecular complexity index is 3700. The first-order chi connectivity index (χ1) is 65.1. The smallest absolute Gasteiger partial charge is 0.344 e. The second-order valence-electron chi connectivity index (χ2n) is 46.1. The van der Waals surface area contributed by atoms with Gasteiger partial charge >= 0.3 is 137 Å². The van der Waals surface area contributed by atoms with Crippen molar-refractivity contribution in [2.24, 2.45) is 0 Å². The van der Waals surface area contributed by atoms with E-state index >= 15 is 0 Å². The van der Waals surface area contributed by atoms with Crippen molar-refractivity contribution in [3.05, 3.63) is 200 Å². The van der Waals surface area contributed by atoms with Crippen LogP contribution in [0.5, 0.6) is 0 Å². The lowest BCUT2D eigenvalue weighted by Crippen LogP contribution is -2.68. The summed E-state index contributed by atoms with van der Waals surface area (Å²) < 4.78 is 167. The van der Waals surface area contributed by atoms with Crippen LogP contribution in [-0.4, -0.2) is 271 Å². The average Bonchev–Trinajstić information content (AvgIpc) is 0.802. The molecule has 0 aromatic carbocycles. The zero-order chi connectivity index (χ0) is 111.